The summed E-state index contributed by atoms with van der Waals surface area (Å²) >= 11 is 0. The highest BCUT2D eigenvalue weighted by Gasteiger charge is 2.15. The molecular formula is C14H25NO6. The third kappa shape index (κ3) is 14.6. The summed E-state index contributed by atoms with van der Waals surface area (Å²) in [5, 5.41) is 2.58. The second kappa shape index (κ2) is 11.1. The third-order valence-corrected chi connectivity index (χ3v) is 1.93. The van der Waals surface area contributed by atoms with Crippen molar-refractivity contribution in [2.24, 2.45) is 0 Å². The molecular weight excluding hydrogens is 278 g/mol. The predicted molar refractivity (Wildman–Crippen MR) is 77.0 cm³/mol. The Balaban J connectivity index is 3.28. The lowest BCUT2D eigenvalue weighted by molar-refractivity contribution is -0.139. The summed E-state index contributed by atoms with van der Waals surface area (Å²) in [6.45, 7) is 10.7. The fourth-order valence-corrected chi connectivity index (χ4v) is 1.12. The summed E-state index contributed by atoms with van der Waals surface area (Å²) < 4.78 is 20.2. The number of amides is 1. The molecule has 0 bridgehead atoms. The van der Waals surface area contributed by atoms with Crippen LogP contribution in [-0.2, 0) is 23.7 Å². The molecule has 0 atom stereocenters. The van der Waals surface area contributed by atoms with Crippen molar-refractivity contribution in [1.82, 2.24) is 5.32 Å². The number of nitrogens with one attached hydrogen (secondary N) is 1. The molecule has 0 aliphatic heterocycles. The van der Waals surface area contributed by atoms with Crippen molar-refractivity contribution in [1.29, 1.82) is 0 Å². The second-order valence-electron chi connectivity index (χ2n) is 5.03. The molecule has 0 heterocycles. The summed E-state index contributed by atoms with van der Waals surface area (Å²) in [5.41, 5.74) is -0.506. The molecule has 1 N–H and O–H groups in total. The zero-order chi connectivity index (χ0) is 16.1. The molecule has 0 saturated heterocycles. The van der Waals surface area contributed by atoms with Crippen molar-refractivity contribution >= 4 is 12.1 Å². The van der Waals surface area contributed by atoms with Gasteiger partial charge in [0, 0.05) is 12.6 Å². The van der Waals surface area contributed by atoms with Crippen LogP contribution in [0, 0.1) is 0 Å². The normalized spacial score (nSPS) is 10.8. The van der Waals surface area contributed by atoms with Crippen molar-refractivity contribution < 1.29 is 28.5 Å². The molecule has 0 unspecified atom stereocenters. The van der Waals surface area contributed by atoms with E-state index in [1.54, 1.807) is 20.8 Å². The smallest absolute Gasteiger partial charge is 0.407 e. The van der Waals surface area contributed by atoms with Gasteiger partial charge in [0.2, 0.25) is 0 Å². The Labute approximate surface area is 125 Å². The number of carbonyl (C=O) groups excluding carboxylic acids is 2. The van der Waals surface area contributed by atoms with Crippen LogP contribution in [0.3, 0.4) is 0 Å². The van der Waals surface area contributed by atoms with Crippen molar-refractivity contribution in [3.63, 3.8) is 0 Å². The van der Waals surface area contributed by atoms with Crippen LogP contribution in [0.2, 0.25) is 0 Å². The van der Waals surface area contributed by atoms with Crippen LogP contribution in [-0.4, -0.2) is 57.2 Å². The van der Waals surface area contributed by atoms with Crippen LogP contribution in [0.25, 0.3) is 0 Å². The molecule has 0 spiro atoms. The van der Waals surface area contributed by atoms with Gasteiger partial charge in [-0.15, -0.1) is 0 Å². The monoisotopic (exact) mass is 303 g/mol. The number of ether oxygens (including phenoxy) is 4. The van der Waals surface area contributed by atoms with Crippen molar-refractivity contribution in [3.8, 4) is 0 Å². The van der Waals surface area contributed by atoms with Gasteiger partial charge in [0.05, 0.1) is 26.4 Å². The average Bonchev–Trinajstić information content (AvgIpc) is 2.38. The molecule has 21 heavy (non-hydrogen) atoms. The zero-order valence-electron chi connectivity index (χ0n) is 13.0. The van der Waals surface area contributed by atoms with Crippen LogP contribution in [0.1, 0.15) is 20.8 Å². The SMILES string of the molecule is C=CC(=O)OCCOCCOCCNC(=O)OC(C)(C)C. The maximum absolute atomic E-state index is 11.3. The van der Waals surface area contributed by atoms with E-state index in [1.165, 1.54) is 0 Å². The van der Waals surface area contributed by atoms with E-state index in [4.69, 9.17) is 18.9 Å². The van der Waals surface area contributed by atoms with E-state index in [0.717, 1.165) is 6.08 Å². The van der Waals surface area contributed by atoms with Crippen LogP contribution in [0.15, 0.2) is 12.7 Å². The molecule has 7 heteroatoms. The summed E-state index contributed by atoms with van der Waals surface area (Å²) in [5.74, 6) is -0.469. The highest BCUT2D eigenvalue weighted by Crippen LogP contribution is 2.05. The third-order valence-electron chi connectivity index (χ3n) is 1.93. The molecule has 7 nitrogen and oxygen atoms in total. The molecule has 0 aromatic carbocycles. The lowest BCUT2D eigenvalue weighted by atomic mass is 10.2. The van der Waals surface area contributed by atoms with E-state index in [9.17, 15) is 9.59 Å². The second-order valence-corrected chi connectivity index (χ2v) is 5.03. The Morgan fingerprint density at radius 3 is 2.19 bits per heavy atom. The zero-order valence-corrected chi connectivity index (χ0v) is 13.0. The average molecular weight is 303 g/mol. The molecule has 0 radical (unpaired) electrons. The van der Waals surface area contributed by atoms with Crippen molar-refractivity contribution in [3.05, 3.63) is 12.7 Å². The topological polar surface area (TPSA) is 83.1 Å². The Morgan fingerprint density at radius 1 is 1.05 bits per heavy atom. The molecule has 0 aliphatic rings. The van der Waals surface area contributed by atoms with Crippen LogP contribution < -0.4 is 5.32 Å². The number of rotatable bonds is 10. The van der Waals surface area contributed by atoms with Crippen LogP contribution in [0.5, 0.6) is 0 Å². The maximum Gasteiger partial charge on any atom is 0.407 e. The first-order chi connectivity index (χ1) is 9.85. The molecule has 122 valence electrons. The molecule has 1 amide bonds. The molecule has 0 aliphatic carbocycles. The lowest BCUT2D eigenvalue weighted by Gasteiger charge is -2.19. The standard InChI is InChI=1S/C14H25NO6/c1-5-12(16)20-11-10-19-9-8-18-7-6-15-13(17)21-14(2,3)4/h5H,1,6-11H2,2-4H3,(H,15,17). The van der Waals surface area contributed by atoms with Gasteiger partial charge in [0.15, 0.2) is 0 Å². The Hall–Kier alpha value is -1.60. The fourth-order valence-electron chi connectivity index (χ4n) is 1.12. The maximum atomic E-state index is 11.3. The number of alkyl carbamates (subject to hydrolysis) is 1. The molecule has 0 aromatic heterocycles. The number of carbonyl (C=O) groups is 2. The summed E-state index contributed by atoms with van der Waals surface area (Å²) in [4.78, 5) is 22.0. The first-order valence-electron chi connectivity index (χ1n) is 6.76. The van der Waals surface area contributed by atoms with Crippen LogP contribution >= 0.6 is 0 Å². The van der Waals surface area contributed by atoms with E-state index in [0.29, 0.717) is 33.0 Å². The van der Waals surface area contributed by atoms with E-state index in [1.807, 2.05) is 0 Å². The van der Waals surface area contributed by atoms with Gasteiger partial charge >= 0.3 is 12.1 Å². The van der Waals surface area contributed by atoms with Gasteiger partial charge in [-0.05, 0) is 20.8 Å². The van der Waals surface area contributed by atoms with E-state index in [-0.39, 0.29) is 6.61 Å². The first-order valence-corrected chi connectivity index (χ1v) is 6.76. The predicted octanol–water partition coefficient (Wildman–Crippen LogP) is 1.27. The Morgan fingerprint density at radius 2 is 1.62 bits per heavy atom. The van der Waals surface area contributed by atoms with Gasteiger partial charge in [0.25, 0.3) is 0 Å². The minimum atomic E-state index is -0.506. The molecule has 0 aromatic rings. The minimum absolute atomic E-state index is 0.186. The largest absolute Gasteiger partial charge is 0.460 e. The van der Waals surface area contributed by atoms with E-state index < -0.39 is 17.7 Å². The van der Waals surface area contributed by atoms with Gasteiger partial charge in [0.1, 0.15) is 12.2 Å². The summed E-state index contributed by atoms with van der Waals surface area (Å²) in [6, 6.07) is 0. The van der Waals surface area contributed by atoms with E-state index in [2.05, 4.69) is 11.9 Å². The number of hydrogen-bond donors (Lipinski definition) is 1. The van der Waals surface area contributed by atoms with Gasteiger partial charge in [-0.25, -0.2) is 9.59 Å². The number of esters is 1. The highest BCUT2D eigenvalue weighted by atomic mass is 16.6. The summed E-state index contributed by atoms with van der Waals surface area (Å²) in [7, 11) is 0. The highest BCUT2D eigenvalue weighted by molar-refractivity contribution is 5.81. The minimum Gasteiger partial charge on any atom is -0.460 e. The number of hydrogen-bond acceptors (Lipinski definition) is 6. The quantitative estimate of drug-likeness (QED) is 0.372. The van der Waals surface area contributed by atoms with Crippen molar-refractivity contribution in [2.45, 2.75) is 26.4 Å². The van der Waals surface area contributed by atoms with Gasteiger partial charge in [-0.3, -0.25) is 0 Å². The van der Waals surface area contributed by atoms with E-state index >= 15 is 0 Å². The van der Waals surface area contributed by atoms with Crippen molar-refractivity contribution in [2.75, 3.05) is 39.6 Å². The summed E-state index contributed by atoms with van der Waals surface area (Å²) in [6.07, 6.45) is 0.632. The molecule has 0 saturated carbocycles. The first kappa shape index (κ1) is 19.4. The van der Waals surface area contributed by atoms with Gasteiger partial charge < -0.3 is 24.3 Å². The van der Waals surface area contributed by atoms with Crippen LogP contribution in [0.4, 0.5) is 4.79 Å². The van der Waals surface area contributed by atoms with Gasteiger partial charge in [-0.2, -0.15) is 0 Å². The Kier molecular flexibility index (Phi) is 10.3. The lowest BCUT2D eigenvalue weighted by Crippen LogP contribution is -2.34. The van der Waals surface area contributed by atoms with Gasteiger partial charge in [-0.1, -0.05) is 6.58 Å². The molecule has 0 rings (SSSR count). The Bertz CT molecular complexity index is 324. The fraction of sp³-hybridized carbons (Fsp3) is 0.714. The molecule has 0 fully saturated rings.